The topological polar surface area (TPSA) is 131 Å². The third-order valence-electron chi connectivity index (χ3n) is 11.2. The standard InChI is InChI=1S/C43H49F2N7O6/c1-10-23-12-11-13-24-16-26(46-40(53)57-42(3,4)5)18-29(31(23)24)34-33(45)35-32-37(49-39(48-35)55-21-28-17-25(44)19-50(28)9)51-20-27-14-15-30(36(51)22(2)56-38(32)47-34)52(27)41(54)58-43(6,7)8/h1,11-13,16,18,22,25,27-28,30,36H,14-15,17,19-21H2,2-9H3,(H,46,53)/t22-,25+,27+,28-,30-,36+/m0/s1. The van der Waals surface area contributed by atoms with Crippen molar-refractivity contribution < 1.29 is 37.3 Å². The zero-order chi connectivity index (χ0) is 41.4. The molecule has 1 N–H and O–H groups in total. The molecule has 15 heteroatoms. The van der Waals surface area contributed by atoms with E-state index in [9.17, 15) is 14.0 Å². The van der Waals surface area contributed by atoms with Gasteiger partial charge in [-0.15, -0.1) is 6.42 Å². The maximum atomic E-state index is 17.7. The van der Waals surface area contributed by atoms with E-state index in [-0.39, 0.29) is 71.7 Å². The average molecular weight is 798 g/mol. The van der Waals surface area contributed by atoms with Gasteiger partial charge in [0.25, 0.3) is 0 Å². The number of alkyl halides is 1. The van der Waals surface area contributed by atoms with Gasteiger partial charge in [0.2, 0.25) is 5.88 Å². The predicted octanol–water partition coefficient (Wildman–Crippen LogP) is 7.47. The number of hydrogen-bond donors (Lipinski definition) is 1. The first-order chi connectivity index (χ1) is 27.4. The van der Waals surface area contributed by atoms with E-state index in [1.807, 2.05) is 50.6 Å². The molecule has 6 heterocycles. The molecule has 0 saturated carbocycles. The summed E-state index contributed by atoms with van der Waals surface area (Å²) in [5.41, 5.74) is -0.610. The highest BCUT2D eigenvalue weighted by molar-refractivity contribution is 6.06. The zero-order valence-electron chi connectivity index (χ0n) is 34.1. The second kappa shape index (κ2) is 14.4. The smallest absolute Gasteiger partial charge is 0.412 e. The van der Waals surface area contributed by atoms with Crippen LogP contribution in [0.15, 0.2) is 30.3 Å². The minimum absolute atomic E-state index is 0.0802. The number of piperazine rings is 1. The molecule has 8 rings (SSSR count). The SMILES string of the molecule is C#Cc1cccc2cc(NC(=O)OC(C)(C)C)cc(-c3nc4c5c(nc(OC[C@@H]6C[C@@H](F)CN6C)nc5c3F)N3C[C@H]5CC[C@@H]([C@H]3[C@H](C)O4)N5C(=O)OC(C)(C)C)c12. The Morgan fingerprint density at radius 1 is 1.03 bits per heavy atom. The summed E-state index contributed by atoms with van der Waals surface area (Å²) in [6, 6.07) is 7.38. The molecule has 4 aromatic rings. The lowest BCUT2D eigenvalue weighted by Crippen LogP contribution is -2.65. The molecule has 6 atom stereocenters. The Balaban J connectivity index is 1.30. The molecule has 2 aromatic carbocycles. The molecule has 3 saturated heterocycles. The van der Waals surface area contributed by atoms with E-state index in [4.69, 9.17) is 35.3 Å². The number of rotatable bonds is 5. The first kappa shape index (κ1) is 39.3. The van der Waals surface area contributed by atoms with Gasteiger partial charge in [0.05, 0.1) is 18.1 Å². The zero-order valence-corrected chi connectivity index (χ0v) is 34.1. The number of ether oxygens (including phenoxy) is 4. The number of pyridine rings is 1. The molecule has 0 aliphatic carbocycles. The Morgan fingerprint density at radius 2 is 1.79 bits per heavy atom. The van der Waals surface area contributed by atoms with E-state index in [1.165, 1.54) is 0 Å². The van der Waals surface area contributed by atoms with Crippen LogP contribution in [0.25, 0.3) is 32.9 Å². The maximum absolute atomic E-state index is 17.7. The summed E-state index contributed by atoms with van der Waals surface area (Å²) < 4.78 is 56.4. The van der Waals surface area contributed by atoms with Gasteiger partial charge in [-0.3, -0.25) is 15.1 Å². The second-order valence-corrected chi connectivity index (χ2v) is 17.7. The number of likely N-dealkylation sites (tertiary alicyclic amines) is 1. The summed E-state index contributed by atoms with van der Waals surface area (Å²) in [6.45, 7) is 13.4. The fourth-order valence-corrected chi connectivity index (χ4v) is 8.87. The van der Waals surface area contributed by atoms with Crippen LogP contribution in [-0.2, 0) is 9.47 Å². The van der Waals surface area contributed by atoms with Gasteiger partial charge in [0.1, 0.15) is 52.5 Å². The van der Waals surface area contributed by atoms with Crippen molar-refractivity contribution in [1.82, 2.24) is 24.8 Å². The summed E-state index contributed by atoms with van der Waals surface area (Å²) >= 11 is 0. The number of carbonyl (C=O) groups excluding carboxylic acids is 2. The summed E-state index contributed by atoms with van der Waals surface area (Å²) in [6.07, 6.45) is 5.05. The number of nitrogens with zero attached hydrogens (tertiary/aromatic N) is 6. The van der Waals surface area contributed by atoms with Crippen molar-refractivity contribution in [3.05, 3.63) is 41.7 Å². The van der Waals surface area contributed by atoms with E-state index >= 15 is 4.39 Å². The number of likely N-dealkylation sites (N-methyl/N-ethyl adjacent to an activating group) is 1. The molecule has 4 aliphatic rings. The van der Waals surface area contributed by atoms with Crippen LogP contribution in [0.5, 0.6) is 11.9 Å². The Kier molecular flexibility index (Phi) is 9.77. The minimum Gasteiger partial charge on any atom is -0.472 e. The molecular formula is C43H49F2N7O6. The molecule has 58 heavy (non-hydrogen) atoms. The lowest BCUT2D eigenvalue weighted by atomic mass is 9.95. The van der Waals surface area contributed by atoms with Gasteiger partial charge in [-0.05, 0) is 98.4 Å². The van der Waals surface area contributed by atoms with Gasteiger partial charge in [-0.1, -0.05) is 18.1 Å². The predicted molar refractivity (Wildman–Crippen MR) is 216 cm³/mol. The van der Waals surface area contributed by atoms with Crippen molar-refractivity contribution in [1.29, 1.82) is 0 Å². The summed E-state index contributed by atoms with van der Waals surface area (Å²) in [4.78, 5) is 46.9. The van der Waals surface area contributed by atoms with Crippen molar-refractivity contribution >= 4 is 45.4 Å². The van der Waals surface area contributed by atoms with Crippen molar-refractivity contribution in [2.24, 2.45) is 0 Å². The molecule has 4 aliphatic heterocycles. The highest BCUT2D eigenvalue weighted by atomic mass is 19.1. The first-order valence-electron chi connectivity index (χ1n) is 19.8. The molecule has 306 valence electrons. The average Bonchev–Trinajstić information content (AvgIpc) is 3.59. The number of anilines is 2. The van der Waals surface area contributed by atoms with Crippen molar-refractivity contribution in [2.75, 3.05) is 37.0 Å². The third-order valence-corrected chi connectivity index (χ3v) is 11.2. The largest absolute Gasteiger partial charge is 0.472 e. The van der Waals surface area contributed by atoms with Crippen LogP contribution in [0.1, 0.15) is 73.3 Å². The number of carbonyl (C=O) groups is 2. The van der Waals surface area contributed by atoms with E-state index in [0.717, 1.165) is 6.42 Å². The molecule has 2 amide bonds. The van der Waals surface area contributed by atoms with Crippen LogP contribution in [-0.4, -0.2) is 111 Å². The van der Waals surface area contributed by atoms with Gasteiger partial charge in [0.15, 0.2) is 5.82 Å². The number of amides is 2. The van der Waals surface area contributed by atoms with E-state index < -0.39 is 47.5 Å². The first-order valence-corrected chi connectivity index (χ1v) is 19.8. The van der Waals surface area contributed by atoms with Gasteiger partial charge >= 0.3 is 18.2 Å². The van der Waals surface area contributed by atoms with Gasteiger partial charge < -0.3 is 23.8 Å². The lowest BCUT2D eigenvalue weighted by molar-refractivity contribution is 0.000916. The molecule has 3 fully saturated rings. The summed E-state index contributed by atoms with van der Waals surface area (Å²) in [5.74, 6) is 2.37. The van der Waals surface area contributed by atoms with E-state index in [1.54, 1.807) is 45.0 Å². The van der Waals surface area contributed by atoms with Gasteiger partial charge in [-0.25, -0.2) is 23.4 Å². The van der Waals surface area contributed by atoms with E-state index in [2.05, 4.69) is 21.1 Å². The highest BCUT2D eigenvalue weighted by Gasteiger charge is 2.54. The Labute approximate surface area is 336 Å². The molecule has 2 bridgehead atoms. The number of benzene rings is 2. The molecular weight excluding hydrogens is 749 g/mol. The fourth-order valence-electron chi connectivity index (χ4n) is 8.87. The lowest BCUT2D eigenvalue weighted by Gasteiger charge is -2.48. The number of halogens is 2. The fraction of sp³-hybridized carbons (Fsp3) is 0.512. The third kappa shape index (κ3) is 7.27. The van der Waals surface area contributed by atoms with E-state index in [0.29, 0.717) is 40.8 Å². The van der Waals surface area contributed by atoms with Crippen LogP contribution in [0.3, 0.4) is 0 Å². The van der Waals surface area contributed by atoms with Gasteiger partial charge in [-0.2, -0.15) is 9.97 Å². The summed E-state index contributed by atoms with van der Waals surface area (Å²) in [5, 5.41) is 4.17. The van der Waals surface area contributed by atoms with Crippen LogP contribution >= 0.6 is 0 Å². The number of fused-ring (bicyclic) bond motifs is 6. The van der Waals surface area contributed by atoms with Crippen LogP contribution < -0.4 is 19.7 Å². The number of terminal acetylenes is 1. The monoisotopic (exact) mass is 797 g/mol. The molecule has 0 radical (unpaired) electrons. The van der Waals surface area contributed by atoms with Crippen LogP contribution in [0.2, 0.25) is 0 Å². The number of hydrogen-bond acceptors (Lipinski definition) is 11. The van der Waals surface area contributed by atoms with Gasteiger partial charge in [0, 0.05) is 41.3 Å². The molecule has 13 nitrogen and oxygen atoms in total. The van der Waals surface area contributed by atoms with Crippen molar-refractivity contribution in [2.45, 2.75) is 115 Å². The minimum atomic E-state index is -0.992. The second-order valence-electron chi connectivity index (χ2n) is 17.7. The molecule has 2 aromatic heterocycles. The molecule has 0 spiro atoms. The Morgan fingerprint density at radius 3 is 2.48 bits per heavy atom. The van der Waals surface area contributed by atoms with Crippen molar-refractivity contribution in [3.8, 4) is 35.5 Å². The number of nitrogens with one attached hydrogen (secondary N) is 1. The van der Waals surface area contributed by atoms with Crippen LogP contribution in [0.4, 0.5) is 29.9 Å². The van der Waals surface area contributed by atoms with Crippen molar-refractivity contribution in [3.63, 3.8) is 0 Å². The Bertz CT molecular complexity index is 2360. The quantitative estimate of drug-likeness (QED) is 0.202. The maximum Gasteiger partial charge on any atom is 0.412 e. The van der Waals surface area contributed by atoms with Crippen LogP contribution in [0, 0.1) is 18.2 Å². The number of aromatic nitrogens is 3. The molecule has 0 unspecified atom stereocenters. The highest BCUT2D eigenvalue weighted by Crippen LogP contribution is 2.47. The summed E-state index contributed by atoms with van der Waals surface area (Å²) in [7, 11) is 1.83. The normalized spacial score (nSPS) is 24.2. The Hall–Kier alpha value is -5.49.